The standard InChI is InChI=1S/C31H38N2O4/c1-37-27-18-16-25(17-19-27)29(34)10-7-11-30(35)32-28(22-33-20-5-6-21-33)31(36)26-14-12-24(13-15-26)23-8-3-2-4-9-23/h2-4,8-9,12-19,28-29,31,34,36H,5-7,10-11,20-22H2,1H3,(H,32,35)/t28-,29?,31-/m1/s1. The summed E-state index contributed by atoms with van der Waals surface area (Å²) < 4.78 is 5.16. The van der Waals surface area contributed by atoms with Crippen LogP contribution in [0.25, 0.3) is 11.1 Å². The van der Waals surface area contributed by atoms with E-state index in [1.54, 1.807) is 7.11 Å². The molecule has 3 atom stereocenters. The summed E-state index contributed by atoms with van der Waals surface area (Å²) in [5.41, 5.74) is 3.82. The first-order valence-electron chi connectivity index (χ1n) is 13.2. The van der Waals surface area contributed by atoms with Gasteiger partial charge in [-0.3, -0.25) is 4.79 Å². The van der Waals surface area contributed by atoms with Crippen molar-refractivity contribution < 1.29 is 19.7 Å². The van der Waals surface area contributed by atoms with E-state index in [9.17, 15) is 15.0 Å². The zero-order chi connectivity index (χ0) is 26.0. The van der Waals surface area contributed by atoms with Crippen LogP contribution < -0.4 is 10.1 Å². The molecule has 196 valence electrons. The van der Waals surface area contributed by atoms with Crippen LogP contribution >= 0.6 is 0 Å². The Morgan fingerprint density at radius 3 is 2.16 bits per heavy atom. The molecule has 37 heavy (non-hydrogen) atoms. The van der Waals surface area contributed by atoms with Crippen LogP contribution in [0.2, 0.25) is 0 Å². The Morgan fingerprint density at radius 2 is 1.51 bits per heavy atom. The van der Waals surface area contributed by atoms with E-state index in [0.717, 1.165) is 53.9 Å². The summed E-state index contributed by atoms with van der Waals surface area (Å²) in [6, 6.07) is 25.0. The molecule has 0 aromatic heterocycles. The maximum Gasteiger partial charge on any atom is 0.220 e. The number of aliphatic hydroxyl groups excluding tert-OH is 2. The van der Waals surface area contributed by atoms with Crippen LogP contribution in [0.3, 0.4) is 0 Å². The molecule has 1 saturated heterocycles. The molecule has 0 radical (unpaired) electrons. The number of methoxy groups -OCH3 is 1. The number of carbonyl (C=O) groups is 1. The summed E-state index contributed by atoms with van der Waals surface area (Å²) in [7, 11) is 1.61. The van der Waals surface area contributed by atoms with Gasteiger partial charge in [0.05, 0.1) is 19.3 Å². The third-order valence-corrected chi connectivity index (χ3v) is 7.12. The van der Waals surface area contributed by atoms with Crippen LogP contribution in [0.1, 0.15) is 55.4 Å². The van der Waals surface area contributed by atoms with Crippen LogP contribution in [0.5, 0.6) is 5.75 Å². The SMILES string of the molecule is COc1ccc(C(O)CCCC(=O)N[C@H](CN2CCCC2)[C@H](O)c2ccc(-c3ccccc3)cc2)cc1. The minimum absolute atomic E-state index is 0.105. The van der Waals surface area contributed by atoms with Gasteiger partial charge in [0.25, 0.3) is 0 Å². The molecule has 1 unspecified atom stereocenters. The van der Waals surface area contributed by atoms with Crippen molar-refractivity contribution in [1.29, 1.82) is 0 Å². The topological polar surface area (TPSA) is 82.0 Å². The van der Waals surface area contributed by atoms with Crippen molar-refractivity contribution in [3.8, 4) is 16.9 Å². The van der Waals surface area contributed by atoms with Gasteiger partial charge in [-0.25, -0.2) is 0 Å². The minimum atomic E-state index is -0.806. The van der Waals surface area contributed by atoms with Gasteiger partial charge >= 0.3 is 0 Å². The number of ether oxygens (including phenoxy) is 1. The molecule has 6 heteroatoms. The van der Waals surface area contributed by atoms with Crippen molar-refractivity contribution in [3.63, 3.8) is 0 Å². The van der Waals surface area contributed by atoms with E-state index in [1.165, 1.54) is 0 Å². The fraction of sp³-hybridized carbons (Fsp3) is 0.387. The van der Waals surface area contributed by atoms with Crippen LogP contribution in [0, 0.1) is 0 Å². The number of carbonyl (C=O) groups excluding carboxylic acids is 1. The highest BCUT2D eigenvalue weighted by atomic mass is 16.5. The summed E-state index contributed by atoms with van der Waals surface area (Å²) in [6.45, 7) is 2.59. The molecule has 1 fully saturated rings. The van der Waals surface area contributed by atoms with Gasteiger partial charge in [-0.05, 0) is 73.2 Å². The monoisotopic (exact) mass is 502 g/mol. The molecule has 1 heterocycles. The van der Waals surface area contributed by atoms with E-state index in [2.05, 4.69) is 22.3 Å². The fourth-order valence-electron chi connectivity index (χ4n) is 4.93. The Hall–Kier alpha value is -3.19. The molecule has 4 rings (SSSR count). The second-order valence-electron chi connectivity index (χ2n) is 9.80. The lowest BCUT2D eigenvalue weighted by molar-refractivity contribution is -0.123. The minimum Gasteiger partial charge on any atom is -0.497 e. The van der Waals surface area contributed by atoms with E-state index in [0.29, 0.717) is 25.8 Å². The Bertz CT molecular complexity index is 1100. The molecular weight excluding hydrogens is 464 g/mol. The number of amides is 1. The summed E-state index contributed by atoms with van der Waals surface area (Å²) >= 11 is 0. The zero-order valence-corrected chi connectivity index (χ0v) is 21.6. The highest BCUT2D eigenvalue weighted by Crippen LogP contribution is 2.25. The van der Waals surface area contributed by atoms with Crippen LogP contribution in [-0.4, -0.2) is 53.8 Å². The van der Waals surface area contributed by atoms with Gasteiger partial charge in [0, 0.05) is 13.0 Å². The van der Waals surface area contributed by atoms with E-state index in [-0.39, 0.29) is 5.91 Å². The lowest BCUT2D eigenvalue weighted by atomic mass is 9.97. The normalized spacial score (nSPS) is 16.2. The fourth-order valence-corrected chi connectivity index (χ4v) is 4.93. The van der Waals surface area contributed by atoms with Gasteiger partial charge in [0.2, 0.25) is 5.91 Å². The molecule has 3 aromatic rings. The predicted molar refractivity (Wildman–Crippen MR) is 146 cm³/mol. The maximum atomic E-state index is 12.9. The average molecular weight is 503 g/mol. The number of aliphatic hydroxyl groups is 2. The third-order valence-electron chi connectivity index (χ3n) is 7.12. The molecule has 0 bridgehead atoms. The van der Waals surface area contributed by atoms with Crippen molar-refractivity contribution in [2.45, 2.75) is 50.4 Å². The number of hydrogen-bond donors (Lipinski definition) is 3. The number of rotatable bonds is 12. The number of likely N-dealkylation sites (tertiary alicyclic amines) is 1. The molecular formula is C31H38N2O4. The van der Waals surface area contributed by atoms with Crippen LogP contribution in [-0.2, 0) is 4.79 Å². The van der Waals surface area contributed by atoms with E-state index in [1.807, 2.05) is 66.7 Å². The highest BCUT2D eigenvalue weighted by molar-refractivity contribution is 5.76. The van der Waals surface area contributed by atoms with Crippen molar-refractivity contribution in [1.82, 2.24) is 10.2 Å². The summed E-state index contributed by atoms with van der Waals surface area (Å²) in [6.07, 6.45) is 2.19. The van der Waals surface area contributed by atoms with Gasteiger partial charge in [-0.1, -0.05) is 66.7 Å². The van der Waals surface area contributed by atoms with Crippen molar-refractivity contribution >= 4 is 5.91 Å². The Kier molecular flexibility index (Phi) is 9.71. The van der Waals surface area contributed by atoms with Gasteiger partial charge in [-0.2, -0.15) is 0 Å². The Balaban J connectivity index is 1.34. The highest BCUT2D eigenvalue weighted by Gasteiger charge is 2.26. The van der Waals surface area contributed by atoms with Gasteiger partial charge < -0.3 is 25.2 Å². The number of benzene rings is 3. The molecule has 3 N–H and O–H groups in total. The van der Waals surface area contributed by atoms with Crippen molar-refractivity contribution in [2.75, 3.05) is 26.7 Å². The Morgan fingerprint density at radius 1 is 0.892 bits per heavy atom. The Labute approximate surface area is 219 Å². The smallest absolute Gasteiger partial charge is 0.220 e. The molecule has 1 aliphatic heterocycles. The van der Waals surface area contributed by atoms with Gasteiger partial charge in [-0.15, -0.1) is 0 Å². The molecule has 3 aromatic carbocycles. The first-order valence-corrected chi connectivity index (χ1v) is 13.2. The van der Waals surface area contributed by atoms with Crippen LogP contribution in [0.4, 0.5) is 0 Å². The molecule has 1 amide bonds. The molecule has 6 nitrogen and oxygen atoms in total. The second kappa shape index (κ2) is 13.4. The zero-order valence-electron chi connectivity index (χ0n) is 21.6. The lowest BCUT2D eigenvalue weighted by Crippen LogP contribution is -2.46. The van der Waals surface area contributed by atoms with E-state index in [4.69, 9.17) is 4.74 Å². The first kappa shape index (κ1) is 26.9. The van der Waals surface area contributed by atoms with Crippen molar-refractivity contribution in [2.24, 2.45) is 0 Å². The largest absolute Gasteiger partial charge is 0.497 e. The third kappa shape index (κ3) is 7.65. The average Bonchev–Trinajstić information content (AvgIpc) is 3.46. The number of hydrogen-bond acceptors (Lipinski definition) is 5. The molecule has 1 aliphatic rings. The molecule has 0 aliphatic carbocycles. The van der Waals surface area contributed by atoms with E-state index >= 15 is 0 Å². The summed E-state index contributed by atoms with van der Waals surface area (Å²) in [4.78, 5) is 15.2. The van der Waals surface area contributed by atoms with Crippen molar-refractivity contribution in [3.05, 3.63) is 90.0 Å². The summed E-state index contributed by atoms with van der Waals surface area (Å²) in [5.74, 6) is 0.638. The van der Waals surface area contributed by atoms with Gasteiger partial charge in [0.1, 0.15) is 11.9 Å². The second-order valence-corrected chi connectivity index (χ2v) is 9.80. The predicted octanol–water partition coefficient (Wildman–Crippen LogP) is 4.88. The van der Waals surface area contributed by atoms with Crippen LogP contribution in [0.15, 0.2) is 78.9 Å². The molecule has 0 spiro atoms. The van der Waals surface area contributed by atoms with Gasteiger partial charge in [0.15, 0.2) is 0 Å². The summed E-state index contributed by atoms with van der Waals surface area (Å²) in [5, 5.41) is 24.8. The number of nitrogens with one attached hydrogen (secondary N) is 1. The van der Waals surface area contributed by atoms with E-state index < -0.39 is 18.2 Å². The lowest BCUT2D eigenvalue weighted by Gasteiger charge is -2.29. The molecule has 0 saturated carbocycles. The quantitative estimate of drug-likeness (QED) is 0.329. The maximum absolute atomic E-state index is 12.9. The number of nitrogens with zero attached hydrogens (tertiary/aromatic N) is 1. The first-order chi connectivity index (χ1) is 18.0.